The van der Waals surface area contributed by atoms with Crippen LogP contribution in [-0.2, 0) is 22.3 Å². The van der Waals surface area contributed by atoms with E-state index in [4.69, 9.17) is 9.47 Å². The van der Waals surface area contributed by atoms with Crippen molar-refractivity contribution < 1.29 is 9.47 Å². The van der Waals surface area contributed by atoms with Gasteiger partial charge in [-0.25, -0.2) is 0 Å². The lowest BCUT2D eigenvalue weighted by molar-refractivity contribution is -0.206. The Morgan fingerprint density at radius 2 is 1.34 bits per heavy atom. The van der Waals surface area contributed by atoms with Gasteiger partial charge in [-0.1, -0.05) is 106 Å². The number of hydrogen-bond acceptors (Lipinski definition) is 2. The standard InChI is InChI=1S/C30H38O2/c1-4-5-6-7-8-9-18-29(27-19-23-14-10-11-15-24(23)20-27)30(31-2,32-3)28-21-25-16-12-13-17-26(25)22-28/h10-17,19,21,29H,4-9,18,20,22H2,1-3H3. The molecular formula is C30H38O2. The lowest BCUT2D eigenvalue weighted by Crippen LogP contribution is -2.45. The van der Waals surface area contributed by atoms with E-state index in [2.05, 4.69) is 67.6 Å². The zero-order valence-electron chi connectivity index (χ0n) is 20.0. The van der Waals surface area contributed by atoms with Crippen molar-refractivity contribution in [2.75, 3.05) is 14.2 Å². The van der Waals surface area contributed by atoms with Crippen molar-refractivity contribution in [2.24, 2.45) is 5.92 Å². The van der Waals surface area contributed by atoms with Crippen LogP contribution in [0.1, 0.15) is 74.1 Å². The highest BCUT2D eigenvalue weighted by molar-refractivity contribution is 5.68. The Morgan fingerprint density at radius 3 is 1.97 bits per heavy atom. The second-order valence-electron chi connectivity index (χ2n) is 9.32. The van der Waals surface area contributed by atoms with Gasteiger partial charge >= 0.3 is 0 Å². The third-order valence-corrected chi connectivity index (χ3v) is 7.36. The van der Waals surface area contributed by atoms with Crippen LogP contribution < -0.4 is 0 Å². The minimum atomic E-state index is -0.726. The fourth-order valence-electron chi connectivity index (χ4n) is 5.64. The first-order chi connectivity index (χ1) is 15.7. The van der Waals surface area contributed by atoms with Gasteiger partial charge in [0.15, 0.2) is 5.79 Å². The Labute approximate surface area is 194 Å². The predicted molar refractivity (Wildman–Crippen MR) is 134 cm³/mol. The minimum Gasteiger partial charge on any atom is -0.349 e. The van der Waals surface area contributed by atoms with Crippen molar-refractivity contribution in [1.29, 1.82) is 0 Å². The maximum atomic E-state index is 6.34. The average Bonchev–Trinajstić information content (AvgIpc) is 3.45. The van der Waals surface area contributed by atoms with Crippen LogP contribution in [0.2, 0.25) is 0 Å². The molecule has 1 unspecified atom stereocenters. The third kappa shape index (κ3) is 4.63. The van der Waals surface area contributed by atoms with Gasteiger partial charge in [-0.15, -0.1) is 0 Å². The van der Waals surface area contributed by atoms with E-state index in [1.807, 2.05) is 14.2 Å². The van der Waals surface area contributed by atoms with Crippen molar-refractivity contribution in [1.82, 2.24) is 0 Å². The summed E-state index contributed by atoms with van der Waals surface area (Å²) in [5.41, 5.74) is 8.11. The van der Waals surface area contributed by atoms with Crippen LogP contribution in [0.15, 0.2) is 59.7 Å². The zero-order chi connectivity index (χ0) is 22.4. The summed E-state index contributed by atoms with van der Waals surface area (Å²) in [5, 5.41) is 0. The molecule has 0 saturated heterocycles. The number of hydrogen-bond donors (Lipinski definition) is 0. The molecule has 0 N–H and O–H groups in total. The van der Waals surface area contributed by atoms with E-state index < -0.39 is 5.79 Å². The van der Waals surface area contributed by atoms with Crippen LogP contribution >= 0.6 is 0 Å². The summed E-state index contributed by atoms with van der Waals surface area (Å²) in [7, 11) is 3.65. The first kappa shape index (κ1) is 23.0. The van der Waals surface area contributed by atoms with Crippen molar-refractivity contribution in [2.45, 2.75) is 70.5 Å². The summed E-state index contributed by atoms with van der Waals surface area (Å²) in [4.78, 5) is 0. The summed E-state index contributed by atoms with van der Waals surface area (Å²) < 4.78 is 12.7. The molecule has 32 heavy (non-hydrogen) atoms. The molecule has 4 rings (SSSR count). The van der Waals surface area contributed by atoms with Gasteiger partial charge in [0.1, 0.15) is 0 Å². The highest BCUT2D eigenvalue weighted by Crippen LogP contribution is 2.46. The fourth-order valence-corrected chi connectivity index (χ4v) is 5.64. The molecule has 0 aromatic heterocycles. The zero-order valence-corrected chi connectivity index (χ0v) is 20.0. The van der Waals surface area contributed by atoms with Crippen LogP contribution in [0.5, 0.6) is 0 Å². The van der Waals surface area contributed by atoms with Gasteiger partial charge in [0, 0.05) is 20.1 Å². The highest BCUT2D eigenvalue weighted by Gasteiger charge is 2.46. The Morgan fingerprint density at radius 1 is 0.750 bits per heavy atom. The van der Waals surface area contributed by atoms with E-state index in [1.165, 1.54) is 71.9 Å². The van der Waals surface area contributed by atoms with E-state index in [-0.39, 0.29) is 5.92 Å². The van der Waals surface area contributed by atoms with E-state index in [9.17, 15) is 0 Å². The van der Waals surface area contributed by atoms with Crippen molar-refractivity contribution in [3.05, 3.63) is 81.9 Å². The fraction of sp³-hybridized carbons (Fsp3) is 0.467. The van der Waals surface area contributed by atoms with Crippen LogP contribution in [0.4, 0.5) is 0 Å². The van der Waals surface area contributed by atoms with Crippen molar-refractivity contribution >= 4 is 12.2 Å². The SMILES string of the molecule is CCCCCCCCC(C1=Cc2ccccc2C1)C(OC)(OC)C1=Cc2ccccc2C1. The Hall–Kier alpha value is -2.16. The lowest BCUT2D eigenvalue weighted by atomic mass is 9.80. The molecule has 2 aromatic rings. The molecule has 2 aliphatic rings. The molecule has 1 atom stereocenters. The Bertz CT molecular complexity index is 964. The predicted octanol–water partition coefficient (Wildman–Crippen LogP) is 7.62. The third-order valence-electron chi connectivity index (χ3n) is 7.36. The normalized spacial score (nSPS) is 15.8. The summed E-state index contributed by atoms with van der Waals surface area (Å²) in [6.07, 6.45) is 15.4. The van der Waals surface area contributed by atoms with E-state index >= 15 is 0 Å². The maximum Gasteiger partial charge on any atom is 0.197 e. The Kier molecular flexibility index (Phi) is 7.65. The van der Waals surface area contributed by atoms with Gasteiger partial charge in [0.2, 0.25) is 0 Å². The van der Waals surface area contributed by atoms with E-state index in [1.54, 1.807) is 0 Å². The topological polar surface area (TPSA) is 18.5 Å². The summed E-state index contributed by atoms with van der Waals surface area (Å²) in [5.74, 6) is -0.521. The summed E-state index contributed by atoms with van der Waals surface area (Å²) in [6.45, 7) is 2.28. The molecule has 0 aliphatic heterocycles. The molecule has 0 amide bonds. The molecule has 2 aromatic carbocycles. The van der Waals surface area contributed by atoms with E-state index in [0.717, 1.165) is 19.3 Å². The summed E-state index contributed by atoms with van der Waals surface area (Å²) in [6, 6.07) is 17.4. The summed E-state index contributed by atoms with van der Waals surface area (Å²) >= 11 is 0. The Balaban J connectivity index is 1.61. The van der Waals surface area contributed by atoms with Crippen molar-refractivity contribution in [3.8, 4) is 0 Å². The van der Waals surface area contributed by atoms with E-state index in [0.29, 0.717) is 0 Å². The monoisotopic (exact) mass is 430 g/mol. The number of unbranched alkanes of at least 4 members (excludes halogenated alkanes) is 5. The quantitative estimate of drug-likeness (QED) is 0.255. The average molecular weight is 431 g/mol. The molecule has 170 valence electrons. The van der Waals surface area contributed by atoms with Crippen LogP contribution in [0, 0.1) is 5.92 Å². The van der Waals surface area contributed by atoms with Crippen LogP contribution in [0.3, 0.4) is 0 Å². The smallest absolute Gasteiger partial charge is 0.197 e. The number of benzene rings is 2. The molecule has 0 radical (unpaired) electrons. The minimum absolute atomic E-state index is 0.205. The molecule has 2 aliphatic carbocycles. The largest absolute Gasteiger partial charge is 0.349 e. The van der Waals surface area contributed by atoms with Crippen LogP contribution in [0.25, 0.3) is 12.2 Å². The molecule has 0 heterocycles. The molecule has 2 heteroatoms. The van der Waals surface area contributed by atoms with Crippen molar-refractivity contribution in [3.63, 3.8) is 0 Å². The lowest BCUT2D eigenvalue weighted by Gasteiger charge is -2.40. The molecule has 0 fully saturated rings. The van der Waals surface area contributed by atoms with Crippen LogP contribution in [-0.4, -0.2) is 20.0 Å². The van der Waals surface area contributed by atoms with Gasteiger partial charge in [-0.2, -0.15) is 0 Å². The number of methoxy groups -OCH3 is 2. The first-order valence-electron chi connectivity index (χ1n) is 12.4. The van der Waals surface area contributed by atoms with Gasteiger partial charge in [0.05, 0.1) is 0 Å². The highest BCUT2D eigenvalue weighted by atomic mass is 16.7. The maximum absolute atomic E-state index is 6.34. The number of fused-ring (bicyclic) bond motifs is 2. The molecule has 2 nitrogen and oxygen atoms in total. The number of rotatable bonds is 12. The van der Waals surface area contributed by atoms with Gasteiger partial charge in [-0.3, -0.25) is 0 Å². The van der Waals surface area contributed by atoms with Gasteiger partial charge < -0.3 is 9.47 Å². The number of ether oxygens (including phenoxy) is 2. The molecule has 0 spiro atoms. The first-order valence-corrected chi connectivity index (χ1v) is 12.4. The molecule has 0 bridgehead atoms. The van der Waals surface area contributed by atoms with Gasteiger partial charge in [0.25, 0.3) is 0 Å². The molecular weight excluding hydrogens is 392 g/mol. The second kappa shape index (κ2) is 10.6. The molecule has 0 saturated carbocycles. The second-order valence-corrected chi connectivity index (χ2v) is 9.32. The van der Waals surface area contributed by atoms with Gasteiger partial charge in [-0.05, 0) is 53.2 Å².